The van der Waals surface area contributed by atoms with E-state index in [1.807, 2.05) is 36.4 Å². The molecule has 0 bridgehead atoms. The highest BCUT2D eigenvalue weighted by Gasteiger charge is 2.24. The van der Waals surface area contributed by atoms with E-state index in [1.165, 1.54) is 0 Å². The smallest absolute Gasteiger partial charge is 0.204 e. The maximum absolute atomic E-state index is 13.2. The lowest BCUT2D eigenvalue weighted by Crippen LogP contribution is -2.08. The Kier molecular flexibility index (Phi) is 4.77. The van der Waals surface area contributed by atoms with Crippen molar-refractivity contribution in [2.24, 2.45) is 0 Å². The number of ether oxygens (including phenoxy) is 4. The molecule has 6 nitrogen and oxygen atoms in total. The Labute approximate surface area is 172 Å². The topological polar surface area (TPSA) is 70.4 Å². The molecule has 1 atom stereocenters. The normalized spacial score (nSPS) is 15.3. The Morgan fingerprint density at radius 3 is 2.67 bits per heavy atom. The Balaban J connectivity index is 1.57. The molecule has 0 spiro atoms. The summed E-state index contributed by atoms with van der Waals surface area (Å²) in [4.78, 5) is 13.2. The standard InChI is InChI=1S/C24H20O6/c1-26-16-6-4-5-15(9-16)12-29-21-10-17(27-13-18-14-28-18)11-22-23(21)24(25)19-7-2-3-8-20(19)30-22/h2-11,18H,12-14H2,1H3. The van der Waals surface area contributed by atoms with Crippen LogP contribution in [0.3, 0.4) is 0 Å². The third-order valence-corrected chi connectivity index (χ3v) is 4.98. The molecule has 4 aromatic rings. The summed E-state index contributed by atoms with van der Waals surface area (Å²) in [7, 11) is 1.62. The van der Waals surface area contributed by atoms with Gasteiger partial charge in [0, 0.05) is 12.1 Å². The van der Waals surface area contributed by atoms with E-state index >= 15 is 0 Å². The first-order valence-corrected chi connectivity index (χ1v) is 9.71. The molecule has 0 N–H and O–H groups in total. The van der Waals surface area contributed by atoms with Gasteiger partial charge in [0.15, 0.2) is 0 Å². The number of benzene rings is 3. The van der Waals surface area contributed by atoms with Gasteiger partial charge in [-0.2, -0.15) is 0 Å². The summed E-state index contributed by atoms with van der Waals surface area (Å²) >= 11 is 0. The largest absolute Gasteiger partial charge is 0.497 e. The molecule has 30 heavy (non-hydrogen) atoms. The second kappa shape index (κ2) is 7.72. The van der Waals surface area contributed by atoms with E-state index in [9.17, 15) is 4.79 Å². The van der Waals surface area contributed by atoms with Gasteiger partial charge in [0.25, 0.3) is 0 Å². The molecule has 1 unspecified atom stereocenters. The molecule has 6 heteroatoms. The molecule has 1 aromatic heterocycles. The van der Waals surface area contributed by atoms with Gasteiger partial charge in [-0.3, -0.25) is 4.79 Å². The lowest BCUT2D eigenvalue weighted by atomic mass is 10.1. The fourth-order valence-electron chi connectivity index (χ4n) is 3.34. The van der Waals surface area contributed by atoms with Crippen LogP contribution in [0, 0.1) is 0 Å². The fraction of sp³-hybridized carbons (Fsp3) is 0.208. The minimum Gasteiger partial charge on any atom is -0.497 e. The van der Waals surface area contributed by atoms with Crippen LogP contribution >= 0.6 is 0 Å². The molecule has 152 valence electrons. The van der Waals surface area contributed by atoms with Crippen molar-refractivity contribution in [3.63, 3.8) is 0 Å². The van der Waals surface area contributed by atoms with Crippen molar-refractivity contribution in [1.29, 1.82) is 0 Å². The quantitative estimate of drug-likeness (QED) is 0.338. The van der Waals surface area contributed by atoms with E-state index in [0.29, 0.717) is 46.7 Å². The number of hydrogen-bond acceptors (Lipinski definition) is 6. The maximum atomic E-state index is 13.2. The summed E-state index contributed by atoms with van der Waals surface area (Å²) in [6.45, 7) is 1.42. The molecule has 5 rings (SSSR count). The van der Waals surface area contributed by atoms with Crippen LogP contribution in [0.25, 0.3) is 21.9 Å². The number of fused-ring (bicyclic) bond motifs is 2. The molecular weight excluding hydrogens is 384 g/mol. The Hall–Kier alpha value is -3.51. The van der Waals surface area contributed by atoms with E-state index in [4.69, 9.17) is 23.4 Å². The van der Waals surface area contributed by atoms with Crippen molar-refractivity contribution in [2.45, 2.75) is 12.7 Å². The minimum absolute atomic E-state index is 0.116. The number of epoxide rings is 1. The van der Waals surface area contributed by atoms with Crippen LogP contribution in [-0.2, 0) is 11.3 Å². The van der Waals surface area contributed by atoms with Gasteiger partial charge in [0.2, 0.25) is 5.43 Å². The highest BCUT2D eigenvalue weighted by Crippen LogP contribution is 2.32. The van der Waals surface area contributed by atoms with Gasteiger partial charge in [0.05, 0.1) is 19.1 Å². The van der Waals surface area contributed by atoms with Crippen LogP contribution < -0.4 is 19.6 Å². The summed E-state index contributed by atoms with van der Waals surface area (Å²) in [5, 5.41) is 0.905. The van der Waals surface area contributed by atoms with Crippen LogP contribution in [0.4, 0.5) is 0 Å². The van der Waals surface area contributed by atoms with Crippen LogP contribution in [0.5, 0.6) is 17.2 Å². The average Bonchev–Trinajstić information content (AvgIpc) is 3.61. The molecule has 2 heterocycles. The van der Waals surface area contributed by atoms with Crippen molar-refractivity contribution >= 4 is 21.9 Å². The number of para-hydroxylation sites is 1. The highest BCUT2D eigenvalue weighted by atomic mass is 16.6. The first-order chi connectivity index (χ1) is 14.7. The fourth-order valence-corrected chi connectivity index (χ4v) is 3.34. The Morgan fingerprint density at radius 1 is 0.967 bits per heavy atom. The van der Waals surface area contributed by atoms with Gasteiger partial charge in [-0.05, 0) is 29.8 Å². The first-order valence-electron chi connectivity index (χ1n) is 9.71. The van der Waals surface area contributed by atoms with E-state index in [1.54, 1.807) is 31.4 Å². The van der Waals surface area contributed by atoms with Gasteiger partial charge in [-0.25, -0.2) is 0 Å². The first kappa shape index (κ1) is 18.5. The molecule has 0 saturated carbocycles. The van der Waals surface area contributed by atoms with Crippen LogP contribution in [-0.4, -0.2) is 26.4 Å². The van der Waals surface area contributed by atoms with Crippen molar-refractivity contribution < 1.29 is 23.4 Å². The summed E-state index contributed by atoms with van der Waals surface area (Å²) < 4.78 is 28.4. The second-order valence-corrected chi connectivity index (χ2v) is 7.13. The van der Waals surface area contributed by atoms with E-state index in [0.717, 1.165) is 11.3 Å². The summed E-state index contributed by atoms with van der Waals surface area (Å²) in [5.41, 5.74) is 1.74. The third-order valence-electron chi connectivity index (χ3n) is 4.98. The van der Waals surface area contributed by atoms with Crippen molar-refractivity contribution in [3.05, 3.63) is 76.5 Å². The predicted molar refractivity (Wildman–Crippen MR) is 113 cm³/mol. The monoisotopic (exact) mass is 404 g/mol. The van der Waals surface area contributed by atoms with E-state index in [2.05, 4.69) is 0 Å². The minimum atomic E-state index is -0.135. The van der Waals surface area contributed by atoms with Crippen molar-refractivity contribution in [3.8, 4) is 17.2 Å². The zero-order valence-electron chi connectivity index (χ0n) is 16.4. The lowest BCUT2D eigenvalue weighted by molar-refractivity contribution is 0.260. The molecular formula is C24H20O6. The number of methoxy groups -OCH3 is 1. The molecule has 1 saturated heterocycles. The second-order valence-electron chi connectivity index (χ2n) is 7.13. The third kappa shape index (κ3) is 3.69. The highest BCUT2D eigenvalue weighted by molar-refractivity contribution is 5.94. The van der Waals surface area contributed by atoms with Gasteiger partial charge in [-0.15, -0.1) is 0 Å². The summed E-state index contributed by atoms with van der Waals surface area (Å²) in [5.74, 6) is 1.73. The van der Waals surface area contributed by atoms with Gasteiger partial charge >= 0.3 is 0 Å². The SMILES string of the molecule is COc1cccc(COc2cc(OCC3CO3)cc3oc4ccccc4c(=O)c23)c1. The zero-order valence-corrected chi connectivity index (χ0v) is 16.4. The van der Waals surface area contributed by atoms with Crippen LogP contribution in [0.1, 0.15) is 5.56 Å². The predicted octanol–water partition coefficient (Wildman–Crippen LogP) is 4.31. The van der Waals surface area contributed by atoms with E-state index < -0.39 is 0 Å². The lowest BCUT2D eigenvalue weighted by Gasteiger charge is -2.13. The molecule has 0 aliphatic carbocycles. The van der Waals surface area contributed by atoms with Gasteiger partial charge in [0.1, 0.15) is 53.1 Å². The van der Waals surface area contributed by atoms with Crippen molar-refractivity contribution in [2.75, 3.05) is 20.3 Å². The van der Waals surface area contributed by atoms with Crippen molar-refractivity contribution in [1.82, 2.24) is 0 Å². The zero-order chi connectivity index (χ0) is 20.5. The maximum Gasteiger partial charge on any atom is 0.204 e. The number of rotatable bonds is 7. The summed E-state index contributed by atoms with van der Waals surface area (Å²) in [6, 6.07) is 18.2. The molecule has 0 radical (unpaired) electrons. The molecule has 1 aliphatic rings. The van der Waals surface area contributed by atoms with E-state index in [-0.39, 0.29) is 18.1 Å². The molecule has 3 aromatic carbocycles. The van der Waals surface area contributed by atoms with Gasteiger partial charge in [-0.1, -0.05) is 24.3 Å². The average molecular weight is 404 g/mol. The Bertz CT molecular complexity index is 1270. The van der Waals surface area contributed by atoms with Crippen LogP contribution in [0.15, 0.2) is 69.9 Å². The summed E-state index contributed by atoms with van der Waals surface area (Å²) in [6.07, 6.45) is 0.116. The molecule has 0 amide bonds. The molecule has 1 fully saturated rings. The Morgan fingerprint density at radius 2 is 1.83 bits per heavy atom. The van der Waals surface area contributed by atoms with Crippen LogP contribution in [0.2, 0.25) is 0 Å². The number of hydrogen-bond donors (Lipinski definition) is 0. The molecule has 1 aliphatic heterocycles. The van der Waals surface area contributed by atoms with Gasteiger partial charge < -0.3 is 23.4 Å².